The lowest BCUT2D eigenvalue weighted by Gasteiger charge is -2.04. The molecule has 0 atom stereocenters. The van der Waals surface area contributed by atoms with E-state index in [1.165, 1.54) is 6.20 Å². The van der Waals surface area contributed by atoms with Crippen LogP contribution < -0.4 is 5.32 Å². The van der Waals surface area contributed by atoms with Crippen molar-refractivity contribution in [3.8, 4) is 0 Å². The number of nitrogens with one attached hydrogen (secondary N) is 1. The van der Waals surface area contributed by atoms with E-state index < -0.39 is 0 Å². The third-order valence-corrected chi connectivity index (χ3v) is 2.68. The Morgan fingerprint density at radius 1 is 1.35 bits per heavy atom. The Hall–Kier alpha value is -1.79. The average molecular weight is 249 g/mol. The van der Waals surface area contributed by atoms with E-state index >= 15 is 0 Å². The predicted molar refractivity (Wildman–Crippen MR) is 65.1 cm³/mol. The second kappa shape index (κ2) is 5.51. The Labute approximate surface area is 102 Å². The van der Waals surface area contributed by atoms with Gasteiger partial charge in [-0.1, -0.05) is 12.1 Å². The molecule has 1 aromatic carbocycles. The summed E-state index contributed by atoms with van der Waals surface area (Å²) in [5.74, 6) is -0.270. The number of aromatic nitrogens is 2. The highest BCUT2D eigenvalue weighted by molar-refractivity contribution is 6.99. The average Bonchev–Trinajstić information content (AvgIpc) is 2.86. The largest absolute Gasteiger partial charge is 0.396 e. The summed E-state index contributed by atoms with van der Waals surface area (Å²) in [6.45, 7) is 0.121. The Bertz CT molecular complexity index is 482. The lowest BCUT2D eigenvalue weighted by atomic mass is 10.1. The molecule has 2 N–H and O–H groups in total. The molecule has 0 spiro atoms. The highest BCUT2D eigenvalue weighted by Gasteiger charge is 2.08. The zero-order chi connectivity index (χ0) is 12.1. The summed E-state index contributed by atoms with van der Waals surface area (Å²) in [5.41, 5.74) is 2.04. The van der Waals surface area contributed by atoms with E-state index in [2.05, 4.69) is 14.1 Å². The highest BCUT2D eigenvalue weighted by Crippen LogP contribution is 2.11. The number of aliphatic hydroxyl groups excluding tert-OH is 1. The molecule has 1 amide bonds. The Morgan fingerprint density at radius 3 is 2.71 bits per heavy atom. The van der Waals surface area contributed by atoms with Crippen LogP contribution in [0.2, 0.25) is 0 Å². The molecular weight excluding hydrogens is 238 g/mol. The third kappa shape index (κ3) is 3.08. The van der Waals surface area contributed by atoms with Gasteiger partial charge >= 0.3 is 0 Å². The van der Waals surface area contributed by atoms with Gasteiger partial charge in [0.2, 0.25) is 0 Å². The van der Waals surface area contributed by atoms with Crippen LogP contribution in [0.4, 0.5) is 5.69 Å². The van der Waals surface area contributed by atoms with Crippen LogP contribution in [0.3, 0.4) is 0 Å². The second-order valence-electron chi connectivity index (χ2n) is 3.42. The minimum absolute atomic E-state index is 0.121. The first-order valence-electron chi connectivity index (χ1n) is 5.08. The number of carbonyl (C=O) groups excluding carboxylic acids is 1. The number of carbonyl (C=O) groups is 1. The van der Waals surface area contributed by atoms with Gasteiger partial charge in [-0.25, -0.2) is 0 Å². The zero-order valence-electron chi connectivity index (χ0n) is 8.96. The van der Waals surface area contributed by atoms with Crippen LogP contribution in [0.1, 0.15) is 16.1 Å². The maximum atomic E-state index is 11.6. The minimum atomic E-state index is -0.270. The van der Waals surface area contributed by atoms with Gasteiger partial charge in [-0.3, -0.25) is 4.79 Å². The van der Waals surface area contributed by atoms with Gasteiger partial charge in [0.15, 0.2) is 5.69 Å². The van der Waals surface area contributed by atoms with Crippen molar-refractivity contribution in [3.05, 3.63) is 41.7 Å². The zero-order valence-corrected chi connectivity index (χ0v) is 9.78. The fraction of sp³-hybridized carbons (Fsp3) is 0.182. The number of amides is 1. The molecule has 5 nitrogen and oxygen atoms in total. The van der Waals surface area contributed by atoms with Gasteiger partial charge in [0, 0.05) is 12.3 Å². The Balaban J connectivity index is 2.01. The van der Waals surface area contributed by atoms with E-state index in [9.17, 15) is 4.79 Å². The standard InChI is InChI=1S/C11H11N3O2S/c15-6-5-8-1-3-9(4-2-8)13-11(16)10-7-12-17-14-10/h1-4,7,15H,5-6H2,(H,13,16). The van der Waals surface area contributed by atoms with Gasteiger partial charge in [-0.2, -0.15) is 8.75 Å². The van der Waals surface area contributed by atoms with Crippen molar-refractivity contribution < 1.29 is 9.90 Å². The molecule has 0 bridgehead atoms. The van der Waals surface area contributed by atoms with E-state index in [1.54, 1.807) is 12.1 Å². The van der Waals surface area contributed by atoms with Crippen LogP contribution in [-0.2, 0) is 6.42 Å². The summed E-state index contributed by atoms with van der Waals surface area (Å²) >= 11 is 0.999. The van der Waals surface area contributed by atoms with Gasteiger partial charge in [0.05, 0.1) is 17.9 Å². The molecular formula is C11H11N3O2S. The van der Waals surface area contributed by atoms with Gasteiger partial charge in [0.1, 0.15) is 0 Å². The van der Waals surface area contributed by atoms with E-state index in [4.69, 9.17) is 5.11 Å². The molecule has 88 valence electrons. The van der Waals surface area contributed by atoms with Crippen molar-refractivity contribution in [3.63, 3.8) is 0 Å². The molecule has 1 heterocycles. The summed E-state index contributed by atoms with van der Waals surface area (Å²) < 4.78 is 7.61. The molecule has 1 aromatic heterocycles. The molecule has 0 aliphatic carbocycles. The van der Waals surface area contributed by atoms with Crippen molar-refractivity contribution in [2.75, 3.05) is 11.9 Å². The van der Waals surface area contributed by atoms with E-state index in [0.717, 1.165) is 17.3 Å². The fourth-order valence-electron chi connectivity index (χ4n) is 1.34. The van der Waals surface area contributed by atoms with Crippen molar-refractivity contribution in [1.29, 1.82) is 0 Å². The first kappa shape index (κ1) is 11.7. The maximum Gasteiger partial charge on any atom is 0.277 e. The van der Waals surface area contributed by atoms with Gasteiger partial charge in [-0.15, -0.1) is 0 Å². The fourth-order valence-corrected chi connectivity index (χ4v) is 1.76. The third-order valence-electron chi connectivity index (χ3n) is 2.21. The van der Waals surface area contributed by atoms with Crippen LogP contribution in [0.15, 0.2) is 30.5 Å². The first-order chi connectivity index (χ1) is 8.29. The summed E-state index contributed by atoms with van der Waals surface area (Å²) in [6, 6.07) is 7.32. The predicted octanol–water partition coefficient (Wildman–Crippen LogP) is 1.33. The van der Waals surface area contributed by atoms with Crippen LogP contribution in [-0.4, -0.2) is 26.4 Å². The van der Waals surface area contributed by atoms with E-state index in [-0.39, 0.29) is 12.5 Å². The summed E-state index contributed by atoms with van der Waals surface area (Å²) in [6.07, 6.45) is 2.05. The second-order valence-corrected chi connectivity index (χ2v) is 3.97. The number of rotatable bonds is 4. The molecule has 0 unspecified atom stereocenters. The van der Waals surface area contributed by atoms with Gasteiger partial charge in [0.25, 0.3) is 5.91 Å². The van der Waals surface area contributed by atoms with Crippen LogP contribution >= 0.6 is 11.7 Å². The highest BCUT2D eigenvalue weighted by atomic mass is 32.1. The normalized spacial score (nSPS) is 10.2. The van der Waals surface area contributed by atoms with Crippen LogP contribution in [0.5, 0.6) is 0 Å². The molecule has 2 rings (SSSR count). The molecule has 0 aliphatic rings. The number of aliphatic hydroxyl groups is 1. The summed E-state index contributed by atoms with van der Waals surface area (Å²) in [4.78, 5) is 11.6. The lowest BCUT2D eigenvalue weighted by Crippen LogP contribution is -2.12. The molecule has 2 aromatic rings. The van der Waals surface area contributed by atoms with Gasteiger partial charge in [-0.05, 0) is 24.1 Å². The smallest absolute Gasteiger partial charge is 0.277 e. The molecule has 0 fully saturated rings. The van der Waals surface area contributed by atoms with Crippen LogP contribution in [0, 0.1) is 0 Å². The number of nitrogens with zero attached hydrogens (tertiary/aromatic N) is 2. The quantitative estimate of drug-likeness (QED) is 0.857. The molecule has 0 radical (unpaired) electrons. The van der Waals surface area contributed by atoms with Crippen molar-refractivity contribution in [2.24, 2.45) is 0 Å². The maximum absolute atomic E-state index is 11.6. The van der Waals surface area contributed by atoms with E-state index in [1.807, 2.05) is 12.1 Å². The molecule has 6 heteroatoms. The summed E-state index contributed by atoms with van der Waals surface area (Å²) in [7, 11) is 0. The van der Waals surface area contributed by atoms with Gasteiger partial charge < -0.3 is 10.4 Å². The monoisotopic (exact) mass is 249 g/mol. The number of anilines is 1. The first-order valence-corrected chi connectivity index (χ1v) is 5.81. The molecule has 0 aliphatic heterocycles. The summed E-state index contributed by atoms with van der Waals surface area (Å²) in [5, 5.41) is 11.5. The Kier molecular flexibility index (Phi) is 3.79. The number of hydrogen-bond acceptors (Lipinski definition) is 5. The van der Waals surface area contributed by atoms with Crippen molar-refractivity contribution in [1.82, 2.24) is 8.75 Å². The number of hydrogen-bond donors (Lipinski definition) is 2. The van der Waals surface area contributed by atoms with Crippen molar-refractivity contribution in [2.45, 2.75) is 6.42 Å². The van der Waals surface area contributed by atoms with E-state index in [0.29, 0.717) is 17.8 Å². The Morgan fingerprint density at radius 2 is 2.12 bits per heavy atom. The minimum Gasteiger partial charge on any atom is -0.396 e. The lowest BCUT2D eigenvalue weighted by molar-refractivity contribution is 0.102. The molecule has 0 saturated carbocycles. The molecule has 0 saturated heterocycles. The molecule has 17 heavy (non-hydrogen) atoms. The topological polar surface area (TPSA) is 75.1 Å². The van der Waals surface area contributed by atoms with Crippen LogP contribution in [0.25, 0.3) is 0 Å². The number of benzene rings is 1. The SMILES string of the molecule is O=C(Nc1ccc(CCO)cc1)c1cnsn1. The van der Waals surface area contributed by atoms with Crippen molar-refractivity contribution >= 4 is 23.3 Å².